The SMILES string of the molecule is COC(=O)N1CCCC(NN)CC1. The predicted molar refractivity (Wildman–Crippen MR) is 48.9 cm³/mol. The Labute approximate surface area is 78.2 Å². The molecule has 0 radical (unpaired) electrons. The van der Waals surface area contributed by atoms with Crippen molar-refractivity contribution in [1.29, 1.82) is 0 Å². The fourth-order valence-electron chi connectivity index (χ4n) is 1.57. The predicted octanol–water partition coefficient (Wildman–Crippen LogP) is 0.0706. The molecule has 5 nitrogen and oxygen atoms in total. The normalized spacial score (nSPS) is 23.8. The van der Waals surface area contributed by atoms with Gasteiger partial charge in [0.2, 0.25) is 0 Å². The standard InChI is InChI=1S/C8H17N3O2/c1-13-8(12)11-5-2-3-7(10-9)4-6-11/h7,10H,2-6,9H2,1H3. The van der Waals surface area contributed by atoms with Gasteiger partial charge < -0.3 is 9.64 Å². The monoisotopic (exact) mass is 187 g/mol. The van der Waals surface area contributed by atoms with E-state index in [1.165, 1.54) is 7.11 Å². The number of methoxy groups -OCH3 is 1. The van der Waals surface area contributed by atoms with Crippen LogP contribution in [0.3, 0.4) is 0 Å². The van der Waals surface area contributed by atoms with E-state index in [2.05, 4.69) is 10.2 Å². The van der Waals surface area contributed by atoms with Crippen LogP contribution in [0.4, 0.5) is 4.79 Å². The maximum Gasteiger partial charge on any atom is 0.409 e. The highest BCUT2D eigenvalue weighted by Gasteiger charge is 2.19. The molecule has 1 atom stereocenters. The van der Waals surface area contributed by atoms with Crippen molar-refractivity contribution >= 4 is 6.09 Å². The molecule has 0 spiro atoms. The number of carbonyl (C=O) groups is 1. The number of nitrogens with one attached hydrogen (secondary N) is 1. The number of ether oxygens (including phenoxy) is 1. The molecule has 13 heavy (non-hydrogen) atoms. The van der Waals surface area contributed by atoms with Crippen LogP contribution in [0, 0.1) is 0 Å². The van der Waals surface area contributed by atoms with Crippen LogP contribution in [-0.4, -0.2) is 37.2 Å². The van der Waals surface area contributed by atoms with Crippen LogP contribution in [0.1, 0.15) is 19.3 Å². The summed E-state index contributed by atoms with van der Waals surface area (Å²) >= 11 is 0. The molecule has 5 heteroatoms. The number of amides is 1. The molecule has 0 bridgehead atoms. The quantitative estimate of drug-likeness (QED) is 0.450. The van der Waals surface area contributed by atoms with Gasteiger partial charge in [-0.25, -0.2) is 4.79 Å². The number of nitrogens with zero attached hydrogens (tertiary/aromatic N) is 1. The second-order valence-corrected chi connectivity index (χ2v) is 3.25. The minimum Gasteiger partial charge on any atom is -0.453 e. The summed E-state index contributed by atoms with van der Waals surface area (Å²) in [7, 11) is 1.41. The van der Waals surface area contributed by atoms with E-state index < -0.39 is 0 Å². The zero-order chi connectivity index (χ0) is 9.68. The summed E-state index contributed by atoms with van der Waals surface area (Å²) < 4.78 is 4.65. The minimum absolute atomic E-state index is 0.238. The van der Waals surface area contributed by atoms with Gasteiger partial charge in [0.1, 0.15) is 0 Å². The van der Waals surface area contributed by atoms with Crippen LogP contribution in [0.25, 0.3) is 0 Å². The van der Waals surface area contributed by atoms with Gasteiger partial charge in [-0.1, -0.05) is 0 Å². The van der Waals surface area contributed by atoms with Crippen LogP contribution >= 0.6 is 0 Å². The molecule has 1 unspecified atom stereocenters. The lowest BCUT2D eigenvalue weighted by Gasteiger charge is -2.18. The van der Waals surface area contributed by atoms with E-state index in [1.807, 2.05) is 0 Å². The number of carbonyl (C=O) groups excluding carboxylic acids is 1. The van der Waals surface area contributed by atoms with Gasteiger partial charge in [-0.3, -0.25) is 11.3 Å². The van der Waals surface area contributed by atoms with Crippen molar-refractivity contribution in [2.45, 2.75) is 25.3 Å². The molecular weight excluding hydrogens is 170 g/mol. The van der Waals surface area contributed by atoms with Gasteiger partial charge in [0, 0.05) is 19.1 Å². The minimum atomic E-state index is -0.238. The summed E-state index contributed by atoms with van der Waals surface area (Å²) in [5.41, 5.74) is 2.74. The van der Waals surface area contributed by atoms with Crippen molar-refractivity contribution in [3.8, 4) is 0 Å². The van der Waals surface area contributed by atoms with E-state index in [1.54, 1.807) is 4.90 Å². The molecular formula is C8H17N3O2. The van der Waals surface area contributed by atoms with Crippen LogP contribution in [0.5, 0.6) is 0 Å². The highest BCUT2D eigenvalue weighted by molar-refractivity contribution is 5.67. The van der Waals surface area contributed by atoms with E-state index in [4.69, 9.17) is 5.84 Å². The smallest absolute Gasteiger partial charge is 0.409 e. The molecule has 1 heterocycles. The molecule has 1 amide bonds. The molecule has 0 aromatic carbocycles. The molecule has 0 saturated carbocycles. The molecule has 76 valence electrons. The lowest BCUT2D eigenvalue weighted by atomic mass is 10.1. The number of rotatable bonds is 1. The first-order valence-corrected chi connectivity index (χ1v) is 4.57. The first-order valence-electron chi connectivity index (χ1n) is 4.57. The Bertz CT molecular complexity index is 175. The van der Waals surface area contributed by atoms with Gasteiger partial charge in [-0.15, -0.1) is 0 Å². The molecule has 1 saturated heterocycles. The Balaban J connectivity index is 2.40. The lowest BCUT2D eigenvalue weighted by molar-refractivity contribution is 0.125. The Kier molecular flexibility index (Phi) is 3.98. The van der Waals surface area contributed by atoms with E-state index in [0.717, 1.165) is 32.4 Å². The van der Waals surface area contributed by atoms with Gasteiger partial charge in [0.15, 0.2) is 0 Å². The number of hydrogen-bond acceptors (Lipinski definition) is 4. The molecule has 1 fully saturated rings. The van der Waals surface area contributed by atoms with Crippen molar-refractivity contribution in [1.82, 2.24) is 10.3 Å². The summed E-state index contributed by atoms with van der Waals surface area (Å²) in [5.74, 6) is 5.34. The third-order valence-electron chi connectivity index (χ3n) is 2.40. The molecule has 3 N–H and O–H groups in total. The van der Waals surface area contributed by atoms with Crippen molar-refractivity contribution in [3.05, 3.63) is 0 Å². The van der Waals surface area contributed by atoms with Crippen LogP contribution in [0.15, 0.2) is 0 Å². The largest absolute Gasteiger partial charge is 0.453 e. The highest BCUT2D eigenvalue weighted by atomic mass is 16.5. The van der Waals surface area contributed by atoms with Gasteiger partial charge in [0.25, 0.3) is 0 Å². The third-order valence-corrected chi connectivity index (χ3v) is 2.40. The van der Waals surface area contributed by atoms with E-state index in [0.29, 0.717) is 6.04 Å². The summed E-state index contributed by atoms with van der Waals surface area (Å²) in [5, 5.41) is 0. The van der Waals surface area contributed by atoms with Crippen molar-refractivity contribution in [3.63, 3.8) is 0 Å². The van der Waals surface area contributed by atoms with Crippen molar-refractivity contribution in [2.24, 2.45) is 5.84 Å². The zero-order valence-electron chi connectivity index (χ0n) is 7.95. The fraction of sp³-hybridized carbons (Fsp3) is 0.875. The van der Waals surface area contributed by atoms with Crippen LogP contribution in [-0.2, 0) is 4.74 Å². The van der Waals surface area contributed by atoms with Gasteiger partial charge in [-0.2, -0.15) is 0 Å². The number of likely N-dealkylation sites (tertiary alicyclic amines) is 1. The summed E-state index contributed by atoms with van der Waals surface area (Å²) in [6.07, 6.45) is 2.65. The molecule has 1 aliphatic heterocycles. The van der Waals surface area contributed by atoms with Gasteiger partial charge in [-0.05, 0) is 19.3 Å². The molecule has 1 rings (SSSR count). The third kappa shape index (κ3) is 2.86. The van der Waals surface area contributed by atoms with Crippen molar-refractivity contribution in [2.75, 3.05) is 20.2 Å². The summed E-state index contributed by atoms with van der Waals surface area (Å²) in [4.78, 5) is 12.9. The fourth-order valence-corrected chi connectivity index (χ4v) is 1.57. The number of hydrogen-bond donors (Lipinski definition) is 2. The Hall–Kier alpha value is -0.810. The Morgan fingerprint density at radius 1 is 1.54 bits per heavy atom. The van der Waals surface area contributed by atoms with Crippen LogP contribution < -0.4 is 11.3 Å². The molecule has 0 aromatic heterocycles. The molecule has 0 aliphatic carbocycles. The Morgan fingerprint density at radius 3 is 2.92 bits per heavy atom. The maximum absolute atomic E-state index is 11.2. The average molecular weight is 187 g/mol. The number of hydrazine groups is 1. The molecule has 0 aromatic rings. The lowest BCUT2D eigenvalue weighted by Crippen LogP contribution is -2.36. The Morgan fingerprint density at radius 2 is 2.31 bits per heavy atom. The summed E-state index contributed by atoms with van der Waals surface area (Å²) in [6.45, 7) is 1.49. The second kappa shape index (κ2) is 5.04. The maximum atomic E-state index is 11.2. The van der Waals surface area contributed by atoms with Crippen LogP contribution in [0.2, 0.25) is 0 Å². The zero-order valence-corrected chi connectivity index (χ0v) is 7.95. The van der Waals surface area contributed by atoms with E-state index in [9.17, 15) is 4.79 Å². The van der Waals surface area contributed by atoms with Gasteiger partial charge in [0.05, 0.1) is 7.11 Å². The van der Waals surface area contributed by atoms with E-state index in [-0.39, 0.29) is 6.09 Å². The average Bonchev–Trinajstić information content (AvgIpc) is 2.41. The van der Waals surface area contributed by atoms with Gasteiger partial charge >= 0.3 is 6.09 Å². The van der Waals surface area contributed by atoms with Crippen molar-refractivity contribution < 1.29 is 9.53 Å². The number of nitrogens with two attached hydrogens (primary N) is 1. The topological polar surface area (TPSA) is 67.6 Å². The highest BCUT2D eigenvalue weighted by Crippen LogP contribution is 2.10. The summed E-state index contributed by atoms with van der Waals surface area (Å²) in [6, 6.07) is 0.328. The first-order chi connectivity index (χ1) is 6.27. The second-order valence-electron chi connectivity index (χ2n) is 3.25. The molecule has 1 aliphatic rings. The first kappa shape index (κ1) is 10.3. The van der Waals surface area contributed by atoms with E-state index >= 15 is 0 Å².